The molecule has 8 nitrogen and oxygen atoms in total. The molecule has 0 radical (unpaired) electrons. The number of aromatic nitrogens is 1. The second kappa shape index (κ2) is 8.14. The number of carbonyl (C=O) groups excluding carboxylic acids is 2. The van der Waals surface area contributed by atoms with Gasteiger partial charge in [-0.25, -0.2) is 5.43 Å². The van der Waals surface area contributed by atoms with Gasteiger partial charge in [-0.2, -0.15) is 5.10 Å². The van der Waals surface area contributed by atoms with Crippen LogP contribution in [0.5, 0.6) is 0 Å². The number of furan rings is 2. The van der Waals surface area contributed by atoms with Gasteiger partial charge in [0.2, 0.25) is 0 Å². The van der Waals surface area contributed by atoms with Gasteiger partial charge in [-0.3, -0.25) is 14.6 Å². The normalized spacial score (nSPS) is 14.4. The molecule has 148 valence electrons. The summed E-state index contributed by atoms with van der Waals surface area (Å²) < 4.78 is 11.1. The van der Waals surface area contributed by atoms with Crippen LogP contribution < -0.4 is 10.7 Å². The molecule has 0 saturated heterocycles. The summed E-state index contributed by atoms with van der Waals surface area (Å²) in [4.78, 5) is 28.8. The molecule has 2 N–H and O–H groups in total. The molecule has 0 spiro atoms. The van der Waals surface area contributed by atoms with Crippen molar-refractivity contribution in [3.63, 3.8) is 0 Å². The van der Waals surface area contributed by atoms with E-state index in [0.717, 1.165) is 18.4 Å². The van der Waals surface area contributed by atoms with Crippen LogP contribution in [0.15, 0.2) is 56.7 Å². The van der Waals surface area contributed by atoms with Gasteiger partial charge in [0.25, 0.3) is 11.8 Å². The van der Waals surface area contributed by atoms with Crippen molar-refractivity contribution in [3.05, 3.63) is 76.9 Å². The highest BCUT2D eigenvalue weighted by molar-refractivity contribution is 6.07. The molecular formula is C21H20N4O4. The van der Waals surface area contributed by atoms with Crippen molar-refractivity contribution in [1.29, 1.82) is 0 Å². The number of nitrogens with one attached hydrogen (secondary N) is 2. The van der Waals surface area contributed by atoms with E-state index in [1.165, 1.54) is 0 Å². The fraction of sp³-hybridized carbons (Fsp3) is 0.238. The lowest BCUT2D eigenvalue weighted by Crippen LogP contribution is -2.23. The van der Waals surface area contributed by atoms with Crippen LogP contribution in [0.3, 0.4) is 0 Å². The molecule has 8 heteroatoms. The highest BCUT2D eigenvalue weighted by Crippen LogP contribution is 2.29. The lowest BCUT2D eigenvalue weighted by Gasteiger charge is -2.13. The summed E-state index contributed by atoms with van der Waals surface area (Å²) in [5, 5.41) is 7.08. The van der Waals surface area contributed by atoms with Gasteiger partial charge in [0.15, 0.2) is 5.76 Å². The van der Waals surface area contributed by atoms with Crippen molar-refractivity contribution in [2.24, 2.45) is 5.10 Å². The number of hydrogen-bond donors (Lipinski definition) is 2. The summed E-state index contributed by atoms with van der Waals surface area (Å²) in [5.74, 6) is 0.926. The summed E-state index contributed by atoms with van der Waals surface area (Å²) in [5.41, 5.74) is 5.04. The predicted molar refractivity (Wildman–Crippen MR) is 105 cm³/mol. The zero-order valence-corrected chi connectivity index (χ0v) is 15.9. The number of pyridine rings is 1. The maximum atomic E-state index is 12.6. The first-order valence-corrected chi connectivity index (χ1v) is 9.34. The van der Waals surface area contributed by atoms with Gasteiger partial charge in [0.1, 0.15) is 17.2 Å². The van der Waals surface area contributed by atoms with E-state index in [0.29, 0.717) is 29.2 Å². The number of fused-ring (bicyclic) bond motifs is 1. The van der Waals surface area contributed by atoms with E-state index in [-0.39, 0.29) is 29.8 Å². The van der Waals surface area contributed by atoms with Crippen LogP contribution in [0, 0.1) is 6.92 Å². The van der Waals surface area contributed by atoms with Crippen LogP contribution in [0.2, 0.25) is 0 Å². The minimum Gasteiger partial charge on any atom is -0.467 e. The van der Waals surface area contributed by atoms with E-state index in [1.807, 2.05) is 6.92 Å². The molecule has 1 aliphatic carbocycles. The van der Waals surface area contributed by atoms with Gasteiger partial charge in [0.05, 0.1) is 18.5 Å². The molecule has 29 heavy (non-hydrogen) atoms. The molecule has 3 aromatic rings. The van der Waals surface area contributed by atoms with Gasteiger partial charge in [0, 0.05) is 23.7 Å². The third-order valence-electron chi connectivity index (χ3n) is 4.73. The number of aryl methyl sites for hydroxylation is 1. The Kier molecular flexibility index (Phi) is 5.24. The molecule has 3 aromatic heterocycles. The average molecular weight is 392 g/mol. The Morgan fingerprint density at radius 2 is 2.07 bits per heavy atom. The van der Waals surface area contributed by atoms with E-state index in [9.17, 15) is 9.59 Å². The highest BCUT2D eigenvalue weighted by Gasteiger charge is 2.28. The summed E-state index contributed by atoms with van der Waals surface area (Å²) in [7, 11) is 0. The molecule has 0 atom stereocenters. The number of rotatable bonds is 5. The Hall–Kier alpha value is -3.68. The Balaban J connectivity index is 1.52. The molecule has 0 unspecified atom stereocenters. The maximum Gasteiger partial charge on any atom is 0.289 e. The van der Waals surface area contributed by atoms with Gasteiger partial charge in [-0.05, 0) is 44.0 Å². The van der Waals surface area contributed by atoms with E-state index in [2.05, 4.69) is 20.8 Å². The van der Waals surface area contributed by atoms with Crippen LogP contribution in [0.25, 0.3) is 0 Å². The molecule has 0 fully saturated rings. The number of amides is 2. The lowest BCUT2D eigenvalue weighted by atomic mass is 9.93. The predicted octanol–water partition coefficient (Wildman–Crippen LogP) is 2.98. The van der Waals surface area contributed by atoms with Crippen molar-refractivity contribution in [1.82, 2.24) is 15.7 Å². The van der Waals surface area contributed by atoms with Crippen molar-refractivity contribution in [2.45, 2.75) is 32.7 Å². The van der Waals surface area contributed by atoms with Crippen LogP contribution in [-0.2, 0) is 13.0 Å². The number of hydrazone groups is 1. The van der Waals surface area contributed by atoms with Crippen molar-refractivity contribution in [3.8, 4) is 0 Å². The molecule has 4 rings (SSSR count). The first-order valence-electron chi connectivity index (χ1n) is 9.34. The second-order valence-corrected chi connectivity index (χ2v) is 6.68. The third-order valence-corrected chi connectivity index (χ3v) is 4.73. The Morgan fingerprint density at radius 3 is 2.83 bits per heavy atom. The number of hydrogen-bond acceptors (Lipinski definition) is 6. The smallest absolute Gasteiger partial charge is 0.289 e. The summed E-state index contributed by atoms with van der Waals surface area (Å²) in [6, 6.07) is 8.65. The Labute approximate surface area is 167 Å². The monoisotopic (exact) mass is 392 g/mol. The SMILES string of the molecule is Cc1c(C(=O)NCc2ccco2)oc2c1/C(=N/NC(=O)c1ccccn1)CCC2. The van der Waals surface area contributed by atoms with Crippen LogP contribution in [0.1, 0.15) is 56.5 Å². The van der Waals surface area contributed by atoms with Gasteiger partial charge < -0.3 is 14.2 Å². The first-order chi connectivity index (χ1) is 14.1. The highest BCUT2D eigenvalue weighted by atomic mass is 16.4. The topological polar surface area (TPSA) is 110 Å². The first kappa shape index (κ1) is 18.7. The third kappa shape index (κ3) is 3.96. The second-order valence-electron chi connectivity index (χ2n) is 6.68. The van der Waals surface area contributed by atoms with E-state index in [4.69, 9.17) is 8.83 Å². The number of nitrogens with zero attached hydrogens (tertiary/aromatic N) is 2. The average Bonchev–Trinajstić information content (AvgIpc) is 3.39. The number of carbonyl (C=O) groups is 2. The summed E-state index contributed by atoms with van der Waals surface area (Å²) >= 11 is 0. The van der Waals surface area contributed by atoms with Crippen LogP contribution in [0.4, 0.5) is 0 Å². The Morgan fingerprint density at radius 1 is 1.17 bits per heavy atom. The van der Waals surface area contributed by atoms with Gasteiger partial charge >= 0.3 is 0 Å². The standard InChI is InChI=1S/C21H20N4O4/c1-13-18-15(24-25-20(26)16-7-2-3-10-22-16)8-4-9-17(18)29-19(13)21(27)23-12-14-6-5-11-28-14/h2-3,5-7,10-11H,4,8-9,12H2,1H3,(H,23,27)(H,25,26)/b24-15+. The zero-order valence-electron chi connectivity index (χ0n) is 15.9. The molecular weight excluding hydrogens is 372 g/mol. The van der Waals surface area contributed by atoms with Crippen molar-refractivity contribution >= 4 is 17.5 Å². The summed E-state index contributed by atoms with van der Waals surface area (Å²) in [6.07, 6.45) is 5.33. The zero-order chi connectivity index (χ0) is 20.2. The fourth-order valence-corrected chi connectivity index (χ4v) is 3.33. The van der Waals surface area contributed by atoms with Gasteiger partial charge in [-0.15, -0.1) is 0 Å². The molecule has 0 saturated carbocycles. The van der Waals surface area contributed by atoms with Crippen LogP contribution >= 0.6 is 0 Å². The largest absolute Gasteiger partial charge is 0.467 e. The minimum atomic E-state index is -0.386. The molecule has 0 aromatic carbocycles. The van der Waals surface area contributed by atoms with E-state index in [1.54, 1.807) is 42.8 Å². The van der Waals surface area contributed by atoms with Gasteiger partial charge in [-0.1, -0.05) is 6.07 Å². The Bertz CT molecular complexity index is 1050. The molecule has 2 amide bonds. The summed E-state index contributed by atoms with van der Waals surface area (Å²) in [6.45, 7) is 2.10. The fourth-order valence-electron chi connectivity index (χ4n) is 3.33. The molecule has 3 heterocycles. The molecule has 0 aliphatic heterocycles. The molecule has 1 aliphatic rings. The van der Waals surface area contributed by atoms with Crippen molar-refractivity contribution < 1.29 is 18.4 Å². The van der Waals surface area contributed by atoms with Crippen LogP contribution in [-0.4, -0.2) is 22.5 Å². The minimum absolute atomic E-state index is 0.257. The van der Waals surface area contributed by atoms with E-state index >= 15 is 0 Å². The lowest BCUT2D eigenvalue weighted by molar-refractivity contribution is 0.0916. The maximum absolute atomic E-state index is 12.6. The quantitative estimate of drug-likeness (QED) is 0.649. The van der Waals surface area contributed by atoms with E-state index < -0.39 is 0 Å². The molecule has 0 bridgehead atoms. The van der Waals surface area contributed by atoms with Crippen molar-refractivity contribution in [2.75, 3.05) is 0 Å².